The zero-order valence-electron chi connectivity index (χ0n) is 16.3. The van der Waals surface area contributed by atoms with Crippen LogP contribution in [0.5, 0.6) is 5.75 Å². The van der Waals surface area contributed by atoms with Crippen LogP contribution in [-0.4, -0.2) is 37.8 Å². The van der Waals surface area contributed by atoms with E-state index >= 15 is 0 Å². The SMILES string of the molecule is Cc1ccc(N2CC(CNC(=O)CCCOc3ccccc3)OC2=O)cc1C. The number of benzene rings is 2. The molecule has 2 amide bonds. The number of hydrogen-bond acceptors (Lipinski definition) is 4. The van der Waals surface area contributed by atoms with Gasteiger partial charge in [0, 0.05) is 12.1 Å². The molecule has 1 aliphatic heterocycles. The molecule has 6 nitrogen and oxygen atoms in total. The second-order valence-electron chi connectivity index (χ2n) is 6.95. The highest BCUT2D eigenvalue weighted by Crippen LogP contribution is 2.23. The normalized spacial score (nSPS) is 16.0. The molecule has 3 rings (SSSR count). The maximum Gasteiger partial charge on any atom is 0.414 e. The predicted octanol–water partition coefficient (Wildman–Crippen LogP) is 3.60. The second-order valence-corrected chi connectivity index (χ2v) is 6.95. The molecule has 148 valence electrons. The molecule has 0 bridgehead atoms. The molecule has 1 fully saturated rings. The Morgan fingerprint density at radius 3 is 2.71 bits per heavy atom. The van der Waals surface area contributed by atoms with E-state index in [4.69, 9.17) is 9.47 Å². The zero-order chi connectivity index (χ0) is 19.9. The molecule has 0 aromatic heterocycles. The third-order valence-electron chi connectivity index (χ3n) is 4.76. The van der Waals surface area contributed by atoms with Crippen molar-refractivity contribution < 1.29 is 19.1 Å². The minimum Gasteiger partial charge on any atom is -0.494 e. The molecule has 1 saturated heterocycles. The number of para-hydroxylation sites is 1. The first kappa shape index (κ1) is 19.7. The third-order valence-corrected chi connectivity index (χ3v) is 4.76. The van der Waals surface area contributed by atoms with E-state index in [1.807, 2.05) is 62.4 Å². The van der Waals surface area contributed by atoms with Crippen molar-refractivity contribution in [2.75, 3.05) is 24.6 Å². The average molecular weight is 382 g/mol. The first-order chi connectivity index (χ1) is 13.5. The molecule has 0 saturated carbocycles. The highest BCUT2D eigenvalue weighted by Gasteiger charge is 2.32. The Bertz CT molecular complexity index is 823. The molecule has 0 radical (unpaired) electrons. The van der Waals surface area contributed by atoms with Crippen molar-refractivity contribution in [1.82, 2.24) is 5.32 Å². The summed E-state index contributed by atoms with van der Waals surface area (Å²) in [4.78, 5) is 25.8. The van der Waals surface area contributed by atoms with E-state index in [-0.39, 0.29) is 18.1 Å². The molecule has 28 heavy (non-hydrogen) atoms. The number of aryl methyl sites for hydroxylation is 2. The smallest absolute Gasteiger partial charge is 0.414 e. The summed E-state index contributed by atoms with van der Waals surface area (Å²) < 4.78 is 11.0. The standard InChI is InChI=1S/C22H26N2O4/c1-16-10-11-18(13-17(16)2)24-15-20(28-22(24)26)14-23-21(25)9-6-12-27-19-7-4-3-5-8-19/h3-5,7-8,10-11,13,20H,6,9,12,14-15H2,1-2H3,(H,23,25). The Labute approximate surface area is 165 Å². The summed E-state index contributed by atoms with van der Waals surface area (Å²) in [6.07, 6.45) is 0.270. The molecular weight excluding hydrogens is 356 g/mol. The van der Waals surface area contributed by atoms with Crippen LogP contribution in [0.25, 0.3) is 0 Å². The lowest BCUT2D eigenvalue weighted by Crippen LogP contribution is -2.34. The zero-order valence-corrected chi connectivity index (χ0v) is 16.3. The summed E-state index contributed by atoms with van der Waals surface area (Å²) in [5.74, 6) is 0.726. The van der Waals surface area contributed by atoms with Crippen LogP contribution in [-0.2, 0) is 9.53 Å². The Balaban J connectivity index is 1.38. The van der Waals surface area contributed by atoms with Gasteiger partial charge in [0.15, 0.2) is 0 Å². The molecule has 0 aliphatic carbocycles. The lowest BCUT2D eigenvalue weighted by atomic mass is 10.1. The Hall–Kier alpha value is -3.02. The number of nitrogens with zero attached hydrogens (tertiary/aromatic N) is 1. The number of carbonyl (C=O) groups excluding carboxylic acids is 2. The lowest BCUT2D eigenvalue weighted by Gasteiger charge is -2.14. The van der Waals surface area contributed by atoms with Crippen LogP contribution in [0.1, 0.15) is 24.0 Å². The van der Waals surface area contributed by atoms with Gasteiger partial charge in [0.25, 0.3) is 0 Å². The topological polar surface area (TPSA) is 67.9 Å². The molecular formula is C22H26N2O4. The molecule has 1 unspecified atom stereocenters. The highest BCUT2D eigenvalue weighted by atomic mass is 16.6. The quantitative estimate of drug-likeness (QED) is 0.709. The Morgan fingerprint density at radius 1 is 1.18 bits per heavy atom. The number of rotatable bonds is 8. The summed E-state index contributed by atoms with van der Waals surface area (Å²) in [7, 11) is 0. The van der Waals surface area contributed by atoms with Gasteiger partial charge in [-0.25, -0.2) is 4.79 Å². The molecule has 0 spiro atoms. The number of amides is 2. The van der Waals surface area contributed by atoms with Gasteiger partial charge in [-0.1, -0.05) is 24.3 Å². The van der Waals surface area contributed by atoms with Crippen molar-refractivity contribution in [3.63, 3.8) is 0 Å². The van der Waals surface area contributed by atoms with E-state index in [1.165, 1.54) is 5.56 Å². The fraction of sp³-hybridized carbons (Fsp3) is 0.364. The second kappa shape index (κ2) is 9.26. The van der Waals surface area contributed by atoms with Gasteiger partial charge in [-0.05, 0) is 55.7 Å². The average Bonchev–Trinajstić information content (AvgIpc) is 3.07. The summed E-state index contributed by atoms with van der Waals surface area (Å²) in [5, 5.41) is 2.84. The molecule has 2 aromatic carbocycles. The number of cyclic esters (lactones) is 1. The van der Waals surface area contributed by atoms with Gasteiger partial charge < -0.3 is 14.8 Å². The third kappa shape index (κ3) is 5.25. The van der Waals surface area contributed by atoms with E-state index in [9.17, 15) is 9.59 Å². The van der Waals surface area contributed by atoms with Crippen LogP contribution in [0, 0.1) is 13.8 Å². The van der Waals surface area contributed by atoms with Crippen molar-refractivity contribution >= 4 is 17.7 Å². The van der Waals surface area contributed by atoms with E-state index < -0.39 is 0 Å². The fourth-order valence-electron chi connectivity index (χ4n) is 2.99. The maximum absolute atomic E-state index is 12.1. The van der Waals surface area contributed by atoms with Crippen LogP contribution in [0.4, 0.5) is 10.5 Å². The molecule has 2 aromatic rings. The van der Waals surface area contributed by atoms with Gasteiger partial charge in [-0.2, -0.15) is 0 Å². The van der Waals surface area contributed by atoms with E-state index in [2.05, 4.69) is 5.32 Å². The van der Waals surface area contributed by atoms with Gasteiger partial charge in [-0.15, -0.1) is 0 Å². The van der Waals surface area contributed by atoms with Gasteiger partial charge in [0.1, 0.15) is 11.9 Å². The largest absolute Gasteiger partial charge is 0.494 e. The molecule has 1 atom stereocenters. The predicted molar refractivity (Wildman–Crippen MR) is 108 cm³/mol. The number of carbonyl (C=O) groups is 2. The van der Waals surface area contributed by atoms with Crippen molar-refractivity contribution in [1.29, 1.82) is 0 Å². The van der Waals surface area contributed by atoms with Crippen LogP contribution in [0.15, 0.2) is 48.5 Å². The first-order valence-electron chi connectivity index (χ1n) is 9.53. The summed E-state index contributed by atoms with van der Waals surface area (Å²) in [5.41, 5.74) is 3.12. The van der Waals surface area contributed by atoms with Crippen molar-refractivity contribution in [2.45, 2.75) is 32.8 Å². The van der Waals surface area contributed by atoms with Crippen LogP contribution in [0.3, 0.4) is 0 Å². The number of anilines is 1. The number of ether oxygens (including phenoxy) is 2. The monoisotopic (exact) mass is 382 g/mol. The van der Waals surface area contributed by atoms with E-state index in [0.29, 0.717) is 32.5 Å². The van der Waals surface area contributed by atoms with Gasteiger partial charge >= 0.3 is 6.09 Å². The Morgan fingerprint density at radius 2 is 1.96 bits per heavy atom. The fourth-order valence-corrected chi connectivity index (χ4v) is 2.99. The highest BCUT2D eigenvalue weighted by molar-refractivity contribution is 5.90. The minimum atomic E-state index is -0.376. The summed E-state index contributed by atoms with van der Waals surface area (Å²) in [6.45, 7) is 5.27. The molecule has 1 aliphatic rings. The minimum absolute atomic E-state index is 0.0719. The van der Waals surface area contributed by atoms with Gasteiger partial charge in [0.05, 0.1) is 19.7 Å². The van der Waals surface area contributed by atoms with Crippen molar-refractivity contribution in [3.8, 4) is 5.75 Å². The van der Waals surface area contributed by atoms with Gasteiger partial charge in [-0.3, -0.25) is 9.69 Å². The molecule has 6 heteroatoms. The van der Waals surface area contributed by atoms with Crippen LogP contribution >= 0.6 is 0 Å². The van der Waals surface area contributed by atoms with Crippen molar-refractivity contribution in [2.24, 2.45) is 0 Å². The Kier molecular flexibility index (Phi) is 6.53. The maximum atomic E-state index is 12.1. The summed E-state index contributed by atoms with van der Waals surface area (Å²) >= 11 is 0. The van der Waals surface area contributed by atoms with E-state index in [1.54, 1.807) is 4.90 Å². The van der Waals surface area contributed by atoms with Crippen LogP contribution in [0.2, 0.25) is 0 Å². The lowest BCUT2D eigenvalue weighted by molar-refractivity contribution is -0.121. The van der Waals surface area contributed by atoms with Crippen LogP contribution < -0.4 is 15.0 Å². The molecule has 1 N–H and O–H groups in total. The first-order valence-corrected chi connectivity index (χ1v) is 9.53. The molecule has 1 heterocycles. The number of hydrogen-bond donors (Lipinski definition) is 1. The van der Waals surface area contributed by atoms with Crippen molar-refractivity contribution in [3.05, 3.63) is 59.7 Å². The van der Waals surface area contributed by atoms with Gasteiger partial charge in [0.2, 0.25) is 5.91 Å². The summed E-state index contributed by atoms with van der Waals surface area (Å²) in [6, 6.07) is 15.4. The van der Waals surface area contributed by atoms with E-state index in [0.717, 1.165) is 17.0 Å². The number of nitrogens with one attached hydrogen (secondary N) is 1.